The van der Waals surface area contributed by atoms with Gasteiger partial charge in [-0.1, -0.05) is 18.2 Å². The number of hydrogen-bond acceptors (Lipinski definition) is 7. The summed E-state index contributed by atoms with van der Waals surface area (Å²) in [7, 11) is -0.434. The average Bonchev–Trinajstić information content (AvgIpc) is 3.12. The molecule has 37 heavy (non-hydrogen) atoms. The fraction of sp³-hybridized carbons (Fsp3) is 0.148. The fourth-order valence-electron chi connectivity index (χ4n) is 3.88. The molecule has 10 heteroatoms. The van der Waals surface area contributed by atoms with Gasteiger partial charge >= 0.3 is 5.97 Å². The zero-order chi connectivity index (χ0) is 27.1. The molecule has 0 saturated heterocycles. The third-order valence-electron chi connectivity index (χ3n) is 5.92. The van der Waals surface area contributed by atoms with Crippen LogP contribution in [0.2, 0.25) is 0 Å². The van der Waals surface area contributed by atoms with Crippen molar-refractivity contribution in [1.82, 2.24) is 0 Å². The summed E-state index contributed by atoms with van der Waals surface area (Å²) in [5.74, 6) is -2.52. The number of aryl methyl sites for hydroxylation is 1. The Bertz CT molecular complexity index is 1590. The van der Waals surface area contributed by atoms with Crippen LogP contribution in [0.15, 0.2) is 81.1 Å². The number of phenols is 1. The van der Waals surface area contributed by atoms with Gasteiger partial charge in [-0.05, 0) is 73.5 Å². The van der Waals surface area contributed by atoms with Crippen LogP contribution in [0.25, 0.3) is 6.08 Å². The van der Waals surface area contributed by atoms with Crippen molar-refractivity contribution in [2.75, 3.05) is 24.0 Å². The Morgan fingerprint density at radius 1 is 1.00 bits per heavy atom. The number of hydrazone groups is 1. The van der Waals surface area contributed by atoms with E-state index in [0.717, 1.165) is 34.5 Å². The number of carboxylic acid groups (broad SMARTS) is 1. The summed E-state index contributed by atoms with van der Waals surface area (Å²) >= 11 is 0. The molecule has 1 amide bonds. The van der Waals surface area contributed by atoms with Gasteiger partial charge in [-0.15, -0.1) is 0 Å². The molecule has 2 N–H and O–H groups in total. The first-order valence-electron chi connectivity index (χ1n) is 11.2. The molecular weight excluding hydrogens is 494 g/mol. The lowest BCUT2D eigenvalue weighted by Crippen LogP contribution is -2.23. The number of nitrogens with zero attached hydrogens (tertiary/aromatic N) is 3. The van der Waals surface area contributed by atoms with Crippen LogP contribution in [0.4, 0.5) is 11.4 Å². The van der Waals surface area contributed by atoms with E-state index in [1.54, 1.807) is 26.0 Å². The van der Waals surface area contributed by atoms with Crippen molar-refractivity contribution in [2.24, 2.45) is 5.10 Å². The van der Waals surface area contributed by atoms with Gasteiger partial charge in [0.2, 0.25) is 9.84 Å². The Kier molecular flexibility index (Phi) is 6.62. The molecule has 3 aromatic carbocycles. The highest BCUT2D eigenvalue weighted by molar-refractivity contribution is 7.91. The number of rotatable bonds is 6. The van der Waals surface area contributed by atoms with Gasteiger partial charge in [-0.25, -0.2) is 13.2 Å². The maximum absolute atomic E-state index is 13.6. The van der Waals surface area contributed by atoms with Crippen LogP contribution >= 0.6 is 0 Å². The highest BCUT2D eigenvalue weighted by Crippen LogP contribution is 2.36. The highest BCUT2D eigenvalue weighted by Gasteiger charge is 2.34. The van der Waals surface area contributed by atoms with Crippen LogP contribution in [0, 0.1) is 6.92 Å². The number of carbonyl (C=O) groups is 2. The Morgan fingerprint density at radius 3 is 2.30 bits per heavy atom. The van der Waals surface area contributed by atoms with E-state index < -0.39 is 33.0 Å². The number of carboxylic acids is 1. The second kappa shape index (κ2) is 9.55. The number of benzene rings is 3. The maximum atomic E-state index is 13.6. The van der Waals surface area contributed by atoms with Gasteiger partial charge in [0.05, 0.1) is 26.8 Å². The normalized spacial score (nSPS) is 14.7. The van der Waals surface area contributed by atoms with E-state index in [1.165, 1.54) is 12.1 Å². The molecule has 1 aliphatic heterocycles. The van der Waals surface area contributed by atoms with Gasteiger partial charge < -0.3 is 15.1 Å². The summed E-state index contributed by atoms with van der Waals surface area (Å²) in [5.41, 5.74) is 2.72. The summed E-state index contributed by atoms with van der Waals surface area (Å²) in [4.78, 5) is 26.3. The average molecular weight is 520 g/mol. The van der Waals surface area contributed by atoms with Crippen molar-refractivity contribution in [3.63, 3.8) is 0 Å². The minimum atomic E-state index is -4.29. The molecule has 0 bridgehead atoms. The first-order valence-corrected chi connectivity index (χ1v) is 12.7. The van der Waals surface area contributed by atoms with Crippen molar-refractivity contribution in [2.45, 2.75) is 23.6 Å². The lowest BCUT2D eigenvalue weighted by atomic mass is 10.1. The minimum absolute atomic E-state index is 0.0423. The molecule has 0 atom stereocenters. The maximum Gasteiger partial charge on any atom is 0.339 e. The molecule has 0 radical (unpaired) electrons. The molecule has 1 heterocycles. The Hall–Kier alpha value is -4.44. The van der Waals surface area contributed by atoms with Gasteiger partial charge in [-0.2, -0.15) is 10.1 Å². The SMILES string of the molecule is CC1=NN(c2cc(C)ccc2S(=O)(=O)c2ccc(O)c(C(=O)O)c2)C(=O)/C1=C\c1ccc(N(C)C)cc1. The van der Waals surface area contributed by atoms with E-state index >= 15 is 0 Å². The van der Waals surface area contributed by atoms with Crippen LogP contribution in [0.3, 0.4) is 0 Å². The van der Waals surface area contributed by atoms with Gasteiger partial charge in [0.25, 0.3) is 5.91 Å². The van der Waals surface area contributed by atoms with Gasteiger partial charge in [0.15, 0.2) is 0 Å². The smallest absolute Gasteiger partial charge is 0.339 e. The fourth-order valence-corrected chi connectivity index (χ4v) is 5.33. The summed E-state index contributed by atoms with van der Waals surface area (Å²) in [6.45, 7) is 3.42. The number of aromatic hydroxyl groups is 1. The third kappa shape index (κ3) is 4.83. The second-order valence-electron chi connectivity index (χ2n) is 8.81. The molecule has 0 saturated carbocycles. The summed E-state index contributed by atoms with van der Waals surface area (Å²) < 4.78 is 27.2. The molecule has 0 aromatic heterocycles. The quantitative estimate of drug-likeness (QED) is 0.469. The van der Waals surface area contributed by atoms with E-state index in [2.05, 4.69) is 5.10 Å². The first-order chi connectivity index (χ1) is 17.4. The predicted molar refractivity (Wildman–Crippen MR) is 141 cm³/mol. The van der Waals surface area contributed by atoms with Gasteiger partial charge in [-0.3, -0.25) is 4.79 Å². The molecule has 3 aromatic rings. The van der Waals surface area contributed by atoms with Crippen LogP contribution < -0.4 is 9.91 Å². The highest BCUT2D eigenvalue weighted by atomic mass is 32.2. The van der Waals surface area contributed by atoms with Crippen LogP contribution in [0.1, 0.15) is 28.4 Å². The van der Waals surface area contributed by atoms with Crippen molar-refractivity contribution >= 4 is 44.9 Å². The Balaban J connectivity index is 1.78. The van der Waals surface area contributed by atoms with E-state index in [-0.39, 0.29) is 15.5 Å². The molecule has 0 aliphatic carbocycles. The second-order valence-corrected chi connectivity index (χ2v) is 10.7. The van der Waals surface area contributed by atoms with Crippen LogP contribution in [-0.2, 0) is 14.6 Å². The Morgan fingerprint density at radius 2 is 1.68 bits per heavy atom. The van der Waals surface area contributed by atoms with Gasteiger partial charge in [0.1, 0.15) is 11.3 Å². The van der Waals surface area contributed by atoms with Crippen molar-refractivity contribution in [3.05, 3.63) is 82.9 Å². The van der Waals surface area contributed by atoms with E-state index in [4.69, 9.17) is 0 Å². The van der Waals surface area contributed by atoms with Crippen molar-refractivity contribution in [3.8, 4) is 5.75 Å². The molecule has 0 fully saturated rings. The van der Waals surface area contributed by atoms with Crippen molar-refractivity contribution < 1.29 is 28.2 Å². The zero-order valence-electron chi connectivity index (χ0n) is 20.6. The predicted octanol–water partition coefficient (Wildman–Crippen LogP) is 4.10. The number of sulfone groups is 1. The largest absolute Gasteiger partial charge is 0.507 e. The monoisotopic (exact) mass is 519 g/mol. The first kappa shape index (κ1) is 25.6. The number of anilines is 2. The topological polar surface area (TPSA) is 128 Å². The third-order valence-corrected chi connectivity index (χ3v) is 7.72. The van der Waals surface area contributed by atoms with E-state index in [1.807, 2.05) is 43.3 Å². The zero-order valence-corrected chi connectivity index (χ0v) is 21.4. The summed E-state index contributed by atoms with van der Waals surface area (Å²) in [6, 6.07) is 15.1. The number of aromatic carboxylic acids is 1. The lowest BCUT2D eigenvalue weighted by Gasteiger charge is -2.18. The minimum Gasteiger partial charge on any atom is -0.507 e. The Labute approximate surface area is 214 Å². The molecule has 0 unspecified atom stereocenters. The summed E-state index contributed by atoms with van der Waals surface area (Å²) in [6.07, 6.45) is 1.70. The lowest BCUT2D eigenvalue weighted by molar-refractivity contribution is -0.114. The molecule has 9 nitrogen and oxygen atoms in total. The molecule has 4 rings (SSSR count). The molecule has 1 aliphatic rings. The van der Waals surface area contributed by atoms with E-state index in [0.29, 0.717) is 16.8 Å². The van der Waals surface area contributed by atoms with Crippen LogP contribution in [-0.4, -0.2) is 50.3 Å². The standard InChI is InChI=1S/C27H25N3O6S/c1-16-5-12-25(37(35,36)20-10-11-24(31)22(15-20)27(33)34)23(13-16)30-26(32)21(17(2)28-30)14-18-6-8-19(9-7-18)29(3)4/h5-15,31H,1-4H3,(H,33,34)/b21-14-. The molecule has 190 valence electrons. The molecule has 0 spiro atoms. The van der Waals surface area contributed by atoms with Crippen LogP contribution in [0.5, 0.6) is 5.75 Å². The van der Waals surface area contributed by atoms with Crippen molar-refractivity contribution in [1.29, 1.82) is 0 Å². The molecular formula is C27H25N3O6S. The van der Waals surface area contributed by atoms with Gasteiger partial charge in [0, 0.05) is 19.8 Å². The van der Waals surface area contributed by atoms with E-state index in [9.17, 15) is 28.2 Å². The number of hydrogen-bond donors (Lipinski definition) is 2. The summed E-state index contributed by atoms with van der Waals surface area (Å²) in [5, 5.41) is 24.5. The number of amides is 1. The number of carbonyl (C=O) groups excluding carboxylic acids is 1.